The van der Waals surface area contributed by atoms with Crippen LogP contribution in [0.5, 0.6) is 0 Å². The number of carboxylic acid groups (broad SMARTS) is 1. The lowest BCUT2D eigenvalue weighted by molar-refractivity contribution is -0.386. The monoisotopic (exact) mass is 410 g/mol. The second-order valence-electron chi connectivity index (χ2n) is 9.00. The molecular formula is C20H30N2O7. The number of nitrogens with zero attached hydrogens (tertiary/aromatic N) is 1. The summed E-state index contributed by atoms with van der Waals surface area (Å²) in [5, 5.41) is 33.1. The highest BCUT2D eigenvalue weighted by Gasteiger charge is 2.40. The van der Waals surface area contributed by atoms with Gasteiger partial charge in [-0.25, -0.2) is 4.79 Å². The van der Waals surface area contributed by atoms with E-state index in [4.69, 9.17) is 4.74 Å². The Labute approximate surface area is 170 Å². The number of nitro benzene ring substituents is 1. The van der Waals surface area contributed by atoms with Gasteiger partial charge in [-0.3, -0.25) is 14.9 Å². The lowest BCUT2D eigenvalue weighted by Gasteiger charge is -2.37. The molecule has 1 rings (SSSR count). The Morgan fingerprint density at radius 3 is 2.21 bits per heavy atom. The predicted molar refractivity (Wildman–Crippen MR) is 107 cm³/mol. The van der Waals surface area contributed by atoms with Gasteiger partial charge in [-0.15, -0.1) is 0 Å². The average Bonchev–Trinajstić information content (AvgIpc) is 2.50. The molecule has 0 saturated carbocycles. The number of rotatable bonds is 7. The van der Waals surface area contributed by atoms with Crippen LogP contribution >= 0.6 is 0 Å². The van der Waals surface area contributed by atoms with Crippen LogP contribution in [0.15, 0.2) is 18.2 Å². The highest BCUT2D eigenvalue weighted by Crippen LogP contribution is 2.43. The minimum Gasteiger partial charge on any atom is -0.481 e. The Morgan fingerprint density at radius 1 is 1.21 bits per heavy atom. The topological polar surface area (TPSA) is 139 Å². The largest absolute Gasteiger partial charge is 0.481 e. The lowest BCUT2D eigenvalue weighted by Crippen LogP contribution is -2.46. The van der Waals surface area contributed by atoms with Crippen LogP contribution in [0.2, 0.25) is 0 Å². The zero-order chi connectivity index (χ0) is 22.6. The van der Waals surface area contributed by atoms with Gasteiger partial charge in [0.1, 0.15) is 5.60 Å². The normalized spacial score (nSPS) is 14.0. The minimum atomic E-state index is -1.17. The van der Waals surface area contributed by atoms with E-state index < -0.39 is 46.4 Å². The number of nitrogens with one attached hydrogen (secondary N) is 1. The van der Waals surface area contributed by atoms with Crippen molar-refractivity contribution < 1.29 is 29.5 Å². The molecule has 0 aliphatic carbocycles. The van der Waals surface area contributed by atoms with Crippen molar-refractivity contribution in [3.05, 3.63) is 39.4 Å². The fourth-order valence-corrected chi connectivity index (χ4v) is 3.30. The number of nitro groups is 1. The third-order valence-electron chi connectivity index (χ3n) is 4.24. The van der Waals surface area contributed by atoms with E-state index in [2.05, 4.69) is 5.32 Å². The molecule has 3 N–H and O–H groups in total. The van der Waals surface area contributed by atoms with Gasteiger partial charge in [-0.1, -0.05) is 20.8 Å². The van der Waals surface area contributed by atoms with Crippen molar-refractivity contribution in [3.63, 3.8) is 0 Å². The molecule has 0 aliphatic heterocycles. The van der Waals surface area contributed by atoms with Gasteiger partial charge in [-0.2, -0.15) is 0 Å². The first-order chi connectivity index (χ1) is 13.2. The van der Waals surface area contributed by atoms with E-state index in [1.807, 2.05) is 0 Å². The molecule has 0 saturated heterocycles. The van der Waals surface area contributed by atoms with Gasteiger partial charge in [-0.05, 0) is 43.9 Å². The van der Waals surface area contributed by atoms with Gasteiger partial charge >= 0.3 is 12.1 Å². The van der Waals surface area contributed by atoms with Gasteiger partial charge in [0, 0.05) is 17.5 Å². The fourth-order valence-electron chi connectivity index (χ4n) is 3.30. The third-order valence-corrected chi connectivity index (χ3v) is 4.24. The van der Waals surface area contributed by atoms with Crippen LogP contribution in [0, 0.1) is 15.5 Å². The van der Waals surface area contributed by atoms with Crippen LogP contribution in [0.4, 0.5) is 10.5 Å². The Kier molecular flexibility index (Phi) is 7.74. The quantitative estimate of drug-likeness (QED) is 0.461. The first-order valence-corrected chi connectivity index (χ1v) is 9.25. The number of hydrogen-bond donors (Lipinski definition) is 3. The number of aliphatic carboxylic acids is 1. The first kappa shape index (κ1) is 24.4. The maximum atomic E-state index is 12.4. The predicted octanol–water partition coefficient (Wildman–Crippen LogP) is 3.58. The van der Waals surface area contributed by atoms with Crippen molar-refractivity contribution in [1.29, 1.82) is 0 Å². The number of carbonyl (C=O) groups excluding carboxylic acids is 1. The van der Waals surface area contributed by atoms with Crippen LogP contribution in [-0.2, 0) is 16.1 Å². The molecule has 0 radical (unpaired) electrons. The van der Waals surface area contributed by atoms with E-state index in [0.717, 1.165) is 0 Å². The molecule has 0 spiro atoms. The molecular weight excluding hydrogens is 380 g/mol. The van der Waals surface area contributed by atoms with Gasteiger partial charge in [0.15, 0.2) is 0 Å². The SMILES string of the molecule is CC(C)(C)OC(=O)N[C@H](CC(=O)O)C(c1cc(CO)ccc1[N+](=O)[O-])C(C)(C)C. The van der Waals surface area contributed by atoms with E-state index in [-0.39, 0.29) is 17.9 Å². The first-order valence-electron chi connectivity index (χ1n) is 9.25. The molecule has 1 amide bonds. The van der Waals surface area contributed by atoms with Crippen molar-refractivity contribution in [1.82, 2.24) is 5.32 Å². The molecule has 29 heavy (non-hydrogen) atoms. The summed E-state index contributed by atoms with van der Waals surface area (Å²) in [5.74, 6) is -1.90. The molecule has 9 heteroatoms. The van der Waals surface area contributed by atoms with Crippen molar-refractivity contribution >= 4 is 17.7 Å². The summed E-state index contributed by atoms with van der Waals surface area (Å²) in [6.45, 7) is 10.1. The molecule has 2 atom stereocenters. The summed E-state index contributed by atoms with van der Waals surface area (Å²) in [6.07, 6.45) is -1.26. The Morgan fingerprint density at radius 2 is 1.79 bits per heavy atom. The minimum absolute atomic E-state index is 0.205. The molecule has 162 valence electrons. The van der Waals surface area contributed by atoms with E-state index in [1.54, 1.807) is 41.5 Å². The fraction of sp³-hybridized carbons (Fsp3) is 0.600. The number of aliphatic hydroxyl groups excluding tert-OH is 1. The number of alkyl carbamates (subject to hydrolysis) is 1. The van der Waals surface area contributed by atoms with Gasteiger partial charge in [0.25, 0.3) is 5.69 Å². The van der Waals surface area contributed by atoms with Crippen LogP contribution in [-0.4, -0.2) is 38.8 Å². The van der Waals surface area contributed by atoms with E-state index in [0.29, 0.717) is 5.56 Å². The van der Waals surface area contributed by atoms with Gasteiger partial charge in [0.2, 0.25) is 0 Å². The van der Waals surface area contributed by atoms with Crippen molar-refractivity contribution in [2.45, 2.75) is 72.1 Å². The van der Waals surface area contributed by atoms with Crippen LogP contribution in [0.3, 0.4) is 0 Å². The average molecular weight is 410 g/mol. The molecule has 9 nitrogen and oxygen atoms in total. The number of carbonyl (C=O) groups is 2. The number of amides is 1. The molecule has 0 aliphatic rings. The lowest BCUT2D eigenvalue weighted by atomic mass is 9.70. The summed E-state index contributed by atoms with van der Waals surface area (Å²) < 4.78 is 5.25. The zero-order valence-electron chi connectivity index (χ0n) is 17.7. The summed E-state index contributed by atoms with van der Waals surface area (Å²) >= 11 is 0. The molecule has 0 heterocycles. The van der Waals surface area contributed by atoms with Gasteiger partial charge in [0.05, 0.1) is 24.0 Å². The van der Waals surface area contributed by atoms with Crippen LogP contribution in [0.25, 0.3) is 0 Å². The summed E-state index contributed by atoms with van der Waals surface area (Å²) in [5.41, 5.74) is -0.961. The number of aliphatic hydroxyl groups is 1. The van der Waals surface area contributed by atoms with Crippen LogP contribution in [0.1, 0.15) is 65.0 Å². The van der Waals surface area contributed by atoms with Crippen molar-refractivity contribution in [3.8, 4) is 0 Å². The third kappa shape index (κ3) is 7.34. The maximum absolute atomic E-state index is 12.4. The number of ether oxygens (including phenoxy) is 1. The standard InChI is InChI=1S/C20H30N2O7/c1-19(2,3)17(13-9-12(11-23)7-8-15(13)22(27)28)14(10-16(24)25)21-18(26)29-20(4,5)6/h7-9,14,17,23H,10-11H2,1-6H3,(H,21,26)(H,24,25)/t14-,17?/m1/s1. The highest BCUT2D eigenvalue weighted by atomic mass is 16.6. The Hall–Kier alpha value is -2.68. The second kappa shape index (κ2) is 9.21. The highest BCUT2D eigenvalue weighted by molar-refractivity contribution is 5.72. The maximum Gasteiger partial charge on any atom is 0.407 e. The molecule has 0 bridgehead atoms. The molecule has 1 aromatic carbocycles. The number of carboxylic acids is 1. The number of hydrogen-bond acceptors (Lipinski definition) is 6. The van der Waals surface area contributed by atoms with Crippen LogP contribution < -0.4 is 5.32 Å². The second-order valence-corrected chi connectivity index (χ2v) is 9.00. The summed E-state index contributed by atoms with van der Waals surface area (Å²) in [7, 11) is 0. The molecule has 0 aromatic heterocycles. The summed E-state index contributed by atoms with van der Waals surface area (Å²) in [6, 6.07) is 3.23. The number of benzene rings is 1. The van der Waals surface area contributed by atoms with E-state index in [9.17, 15) is 29.9 Å². The summed E-state index contributed by atoms with van der Waals surface area (Å²) in [4.78, 5) is 34.9. The van der Waals surface area contributed by atoms with E-state index >= 15 is 0 Å². The molecule has 1 aromatic rings. The smallest absolute Gasteiger partial charge is 0.407 e. The molecule has 1 unspecified atom stereocenters. The Balaban J connectivity index is 3.54. The van der Waals surface area contributed by atoms with Crippen molar-refractivity contribution in [2.75, 3.05) is 0 Å². The Bertz CT molecular complexity index is 763. The van der Waals surface area contributed by atoms with E-state index in [1.165, 1.54) is 18.2 Å². The zero-order valence-corrected chi connectivity index (χ0v) is 17.7. The van der Waals surface area contributed by atoms with Gasteiger partial charge < -0.3 is 20.3 Å². The molecule has 0 fully saturated rings. The van der Waals surface area contributed by atoms with Crippen molar-refractivity contribution in [2.24, 2.45) is 5.41 Å².